The first-order valence-corrected chi connectivity index (χ1v) is 8.98. The summed E-state index contributed by atoms with van der Waals surface area (Å²) in [4.78, 5) is 14.8. The van der Waals surface area contributed by atoms with E-state index in [-0.39, 0.29) is 18.2 Å². The molecule has 2 N–H and O–H groups in total. The molecule has 3 rings (SSSR count). The van der Waals surface area contributed by atoms with E-state index in [1.807, 2.05) is 6.07 Å². The Morgan fingerprint density at radius 2 is 1.96 bits per heavy atom. The van der Waals surface area contributed by atoms with Crippen LogP contribution in [0.2, 0.25) is 0 Å². The highest BCUT2D eigenvalue weighted by Gasteiger charge is 2.14. The number of nitrogens with one attached hydrogen (secondary N) is 1. The summed E-state index contributed by atoms with van der Waals surface area (Å²) in [5.74, 6) is 0.169. The third-order valence-corrected chi connectivity index (χ3v) is 4.54. The van der Waals surface area contributed by atoms with Crippen LogP contribution in [0.5, 0.6) is 17.4 Å². The molecule has 134 valence electrons. The first-order chi connectivity index (χ1) is 12.5. The number of hydrogen-bond acceptors (Lipinski definition) is 5. The Morgan fingerprint density at radius 1 is 1.23 bits per heavy atom. The molecule has 0 bridgehead atoms. The third-order valence-electron chi connectivity index (χ3n) is 3.46. The van der Waals surface area contributed by atoms with Crippen LogP contribution in [-0.2, 0) is 4.79 Å². The summed E-state index contributed by atoms with van der Waals surface area (Å²) in [6.07, 6.45) is 0. The molecule has 0 aliphatic heterocycles. The van der Waals surface area contributed by atoms with Gasteiger partial charge >= 0.3 is 5.91 Å². The number of carbonyl (C=O) groups is 1. The van der Waals surface area contributed by atoms with Gasteiger partial charge in [-0.2, -0.15) is 0 Å². The highest BCUT2D eigenvalue weighted by Crippen LogP contribution is 2.40. The average Bonchev–Trinajstić information content (AvgIpc) is 2.94. The third kappa shape index (κ3) is 3.88. The van der Waals surface area contributed by atoms with Gasteiger partial charge in [0, 0.05) is 14.3 Å². The number of fused-ring (bicyclic) bond motifs is 1. The highest BCUT2D eigenvalue weighted by molar-refractivity contribution is 9.11. The number of benzene rings is 2. The molecular formula is C17H13Br2N3O4. The number of carbonyl (C=O) groups excluding carboxylic acids is 1. The number of H-pyrrole nitrogens is 1. The number of aromatic hydroxyl groups is 1. The maximum absolute atomic E-state index is 12.0. The summed E-state index contributed by atoms with van der Waals surface area (Å²) in [6.45, 7) is -0.305. The molecule has 7 nitrogen and oxygen atoms in total. The van der Waals surface area contributed by atoms with E-state index in [9.17, 15) is 9.90 Å². The van der Waals surface area contributed by atoms with Crippen LogP contribution in [0.1, 0.15) is 0 Å². The number of ether oxygens (including phenoxy) is 2. The largest absolute Gasteiger partial charge is 0.493 e. The summed E-state index contributed by atoms with van der Waals surface area (Å²) < 4.78 is 12.1. The Kier molecular flexibility index (Phi) is 5.58. The lowest BCUT2D eigenvalue weighted by Crippen LogP contribution is -2.08. The van der Waals surface area contributed by atoms with Crippen molar-refractivity contribution in [2.24, 2.45) is 10.2 Å². The van der Waals surface area contributed by atoms with Gasteiger partial charge in [-0.1, -0.05) is 28.1 Å². The minimum atomic E-state index is -0.598. The van der Waals surface area contributed by atoms with E-state index in [2.05, 4.69) is 47.1 Å². The number of amides is 1. The average molecular weight is 483 g/mol. The van der Waals surface area contributed by atoms with Crippen LogP contribution in [0.15, 0.2) is 55.6 Å². The van der Waals surface area contributed by atoms with Crippen LogP contribution in [0.4, 0.5) is 5.69 Å². The van der Waals surface area contributed by atoms with Gasteiger partial charge in [0.2, 0.25) is 5.88 Å². The molecule has 9 heteroatoms. The molecule has 0 saturated carbocycles. The van der Waals surface area contributed by atoms with Gasteiger partial charge in [-0.3, -0.25) is 4.79 Å². The second kappa shape index (κ2) is 7.88. The summed E-state index contributed by atoms with van der Waals surface area (Å²) in [6, 6.07) is 10.6. The van der Waals surface area contributed by atoms with Gasteiger partial charge in [-0.15, -0.1) is 10.2 Å². The first-order valence-electron chi connectivity index (χ1n) is 7.39. The van der Waals surface area contributed by atoms with Crippen molar-refractivity contribution >= 4 is 54.4 Å². The lowest BCUT2D eigenvalue weighted by Gasteiger charge is -2.07. The van der Waals surface area contributed by atoms with Crippen LogP contribution < -0.4 is 9.47 Å². The van der Waals surface area contributed by atoms with Crippen LogP contribution in [0.3, 0.4) is 0 Å². The fraction of sp³-hybridized carbons (Fsp3) is 0.118. The Balaban J connectivity index is 1.76. The number of azo groups is 1. The Hall–Kier alpha value is -2.39. The van der Waals surface area contributed by atoms with Gasteiger partial charge in [0.25, 0.3) is 0 Å². The van der Waals surface area contributed by atoms with Crippen LogP contribution in [0.25, 0.3) is 10.9 Å². The fourth-order valence-corrected chi connectivity index (χ4v) is 3.63. The molecule has 0 unspecified atom stereocenters. The van der Waals surface area contributed by atoms with Gasteiger partial charge in [0.15, 0.2) is 23.8 Å². The van der Waals surface area contributed by atoms with Gasteiger partial charge in [0.1, 0.15) is 0 Å². The predicted molar refractivity (Wildman–Crippen MR) is 103 cm³/mol. The maximum atomic E-state index is 12.0. The molecule has 3 aromatic rings. The van der Waals surface area contributed by atoms with Gasteiger partial charge < -0.3 is 19.6 Å². The molecular weight excluding hydrogens is 470 g/mol. The molecule has 0 atom stereocenters. The van der Waals surface area contributed by atoms with Crippen LogP contribution in [-0.4, -0.2) is 29.7 Å². The topological polar surface area (TPSA) is 96.3 Å². The van der Waals surface area contributed by atoms with Crippen molar-refractivity contribution in [2.75, 3.05) is 13.7 Å². The molecule has 2 aromatic carbocycles. The number of aromatic nitrogens is 1. The van der Waals surface area contributed by atoms with E-state index in [1.54, 1.807) is 30.3 Å². The normalized spacial score (nSPS) is 11.2. The summed E-state index contributed by atoms with van der Waals surface area (Å²) >= 11 is 6.77. The zero-order chi connectivity index (χ0) is 18.7. The number of nitrogens with zero attached hydrogens (tertiary/aromatic N) is 2. The van der Waals surface area contributed by atoms with E-state index >= 15 is 0 Å². The van der Waals surface area contributed by atoms with Gasteiger partial charge in [0.05, 0.1) is 12.6 Å². The van der Waals surface area contributed by atoms with Crippen LogP contribution >= 0.6 is 31.9 Å². The highest BCUT2D eigenvalue weighted by atomic mass is 79.9. The van der Waals surface area contributed by atoms with E-state index in [1.165, 1.54) is 7.11 Å². The molecule has 0 aliphatic carbocycles. The predicted octanol–water partition coefficient (Wildman–Crippen LogP) is 5.10. The van der Waals surface area contributed by atoms with E-state index in [4.69, 9.17) is 9.47 Å². The number of methoxy groups -OCH3 is 1. The van der Waals surface area contributed by atoms with Gasteiger partial charge in [-0.25, -0.2) is 0 Å². The van der Waals surface area contributed by atoms with Crippen molar-refractivity contribution in [1.29, 1.82) is 0 Å². The number of hydrogen-bond donors (Lipinski definition) is 2. The number of halogens is 2. The fourth-order valence-electron chi connectivity index (χ4n) is 2.31. The zero-order valence-electron chi connectivity index (χ0n) is 13.5. The maximum Gasteiger partial charge on any atom is 0.302 e. The monoisotopic (exact) mass is 481 g/mol. The van der Waals surface area contributed by atoms with E-state index < -0.39 is 5.91 Å². The summed E-state index contributed by atoms with van der Waals surface area (Å²) in [5.41, 5.74) is 0.824. The number of para-hydroxylation sites is 2. The quantitative estimate of drug-likeness (QED) is 0.494. The SMILES string of the molecule is COc1ccccc1OCC(=O)N=Nc1c(O)[nH]c2c(Br)cc(Br)cc12. The van der Waals surface area contributed by atoms with Crippen molar-refractivity contribution in [3.63, 3.8) is 0 Å². The lowest BCUT2D eigenvalue weighted by molar-refractivity contribution is -0.120. The zero-order valence-corrected chi connectivity index (χ0v) is 16.7. The molecule has 0 spiro atoms. The molecule has 0 saturated heterocycles. The van der Waals surface area contributed by atoms with Gasteiger partial charge in [-0.05, 0) is 40.2 Å². The Labute approximate surface area is 165 Å². The van der Waals surface area contributed by atoms with Crippen molar-refractivity contribution in [1.82, 2.24) is 4.98 Å². The minimum Gasteiger partial charge on any atom is -0.493 e. The molecule has 1 heterocycles. The second-order valence-corrected chi connectivity index (χ2v) is 6.94. The van der Waals surface area contributed by atoms with Crippen molar-refractivity contribution in [2.45, 2.75) is 0 Å². The number of aromatic amines is 1. The molecule has 0 aliphatic rings. The first kappa shape index (κ1) is 18.4. The molecule has 0 radical (unpaired) electrons. The van der Waals surface area contributed by atoms with Crippen molar-refractivity contribution < 1.29 is 19.4 Å². The summed E-state index contributed by atoms with van der Waals surface area (Å²) in [7, 11) is 1.51. The smallest absolute Gasteiger partial charge is 0.302 e. The molecule has 26 heavy (non-hydrogen) atoms. The summed E-state index contributed by atoms with van der Waals surface area (Å²) in [5, 5.41) is 18.1. The lowest BCUT2D eigenvalue weighted by atomic mass is 10.2. The molecule has 1 amide bonds. The van der Waals surface area contributed by atoms with Crippen LogP contribution in [0, 0.1) is 0 Å². The second-order valence-electron chi connectivity index (χ2n) is 5.17. The van der Waals surface area contributed by atoms with Crippen molar-refractivity contribution in [3.8, 4) is 17.4 Å². The molecule has 0 fully saturated rings. The van der Waals surface area contributed by atoms with E-state index in [0.29, 0.717) is 22.4 Å². The Bertz CT molecular complexity index is 1000. The minimum absolute atomic E-state index is 0.174. The Morgan fingerprint density at radius 3 is 2.69 bits per heavy atom. The van der Waals surface area contributed by atoms with E-state index in [0.717, 1.165) is 8.95 Å². The number of rotatable bonds is 5. The standard InChI is InChI=1S/C17H13Br2N3O4/c1-25-12-4-2-3-5-13(12)26-8-14(23)21-22-16-10-6-9(18)7-11(19)15(10)20-17(16)24/h2-7,20,24H,8H2,1H3. The van der Waals surface area contributed by atoms with Crippen molar-refractivity contribution in [3.05, 3.63) is 45.3 Å². The molecule has 1 aromatic heterocycles.